The molecule has 1 aliphatic rings. The molecular formula is C10H17NO2. The molecule has 0 aromatic carbocycles. The van der Waals surface area contributed by atoms with Gasteiger partial charge in [-0.05, 0) is 12.3 Å². The first-order valence-electron chi connectivity index (χ1n) is 4.72. The van der Waals surface area contributed by atoms with E-state index in [-0.39, 0.29) is 17.9 Å². The Bertz CT molecular complexity index is 203. The molecule has 1 amide bonds. The van der Waals surface area contributed by atoms with Crippen LogP contribution in [-0.2, 0) is 4.79 Å². The van der Waals surface area contributed by atoms with E-state index in [4.69, 9.17) is 0 Å². The fourth-order valence-corrected chi connectivity index (χ4v) is 1.61. The molecule has 1 saturated heterocycles. The molecule has 1 N–H and O–H groups in total. The first kappa shape index (κ1) is 10.3. The highest BCUT2D eigenvalue weighted by atomic mass is 16.3. The molecule has 1 heterocycles. The average molecular weight is 183 g/mol. The summed E-state index contributed by atoms with van der Waals surface area (Å²) in [6.45, 7) is 6.86. The number of aliphatic hydroxyl groups excluding tert-OH is 1. The molecule has 3 nitrogen and oxygen atoms in total. The number of rotatable bonds is 2. The van der Waals surface area contributed by atoms with Crippen LogP contribution in [0.1, 0.15) is 19.8 Å². The second-order valence-electron chi connectivity index (χ2n) is 3.67. The van der Waals surface area contributed by atoms with Gasteiger partial charge in [-0.3, -0.25) is 4.79 Å². The van der Waals surface area contributed by atoms with Crippen molar-refractivity contribution in [3.63, 3.8) is 0 Å². The summed E-state index contributed by atoms with van der Waals surface area (Å²) in [6.07, 6.45) is 2.48. The van der Waals surface area contributed by atoms with Crippen LogP contribution in [0.5, 0.6) is 0 Å². The lowest BCUT2D eigenvalue weighted by Gasteiger charge is -2.34. The fourth-order valence-electron chi connectivity index (χ4n) is 1.61. The number of nitrogens with zero attached hydrogens (tertiary/aromatic N) is 1. The highest BCUT2D eigenvalue weighted by molar-refractivity contribution is 5.77. The van der Waals surface area contributed by atoms with E-state index in [1.807, 2.05) is 6.92 Å². The van der Waals surface area contributed by atoms with Gasteiger partial charge in [-0.1, -0.05) is 13.0 Å². The monoisotopic (exact) mass is 183 g/mol. The third-order valence-electron chi connectivity index (χ3n) is 2.53. The fraction of sp³-hybridized carbons (Fsp3) is 0.700. The van der Waals surface area contributed by atoms with Crippen molar-refractivity contribution in [2.45, 2.75) is 25.9 Å². The molecule has 0 bridgehead atoms. The number of aliphatic hydroxyl groups is 1. The van der Waals surface area contributed by atoms with Gasteiger partial charge in [0.25, 0.3) is 0 Å². The van der Waals surface area contributed by atoms with Crippen molar-refractivity contribution in [3.05, 3.63) is 12.7 Å². The predicted octanol–water partition coefficient (Wildman–Crippen LogP) is 0.792. The molecule has 0 aromatic heterocycles. The Morgan fingerprint density at radius 3 is 3.00 bits per heavy atom. The Labute approximate surface area is 79.0 Å². The lowest BCUT2D eigenvalue weighted by atomic mass is 9.96. The van der Waals surface area contributed by atoms with Gasteiger partial charge < -0.3 is 10.0 Å². The molecule has 1 fully saturated rings. The van der Waals surface area contributed by atoms with Crippen LogP contribution in [0.3, 0.4) is 0 Å². The average Bonchev–Trinajstić information content (AvgIpc) is 2.10. The normalized spacial score (nSPS) is 28.6. The summed E-state index contributed by atoms with van der Waals surface area (Å²) in [5.41, 5.74) is 0. The van der Waals surface area contributed by atoms with Gasteiger partial charge in [-0.25, -0.2) is 0 Å². The van der Waals surface area contributed by atoms with Crippen molar-refractivity contribution in [2.75, 3.05) is 13.1 Å². The number of likely N-dealkylation sites (tertiary alicyclic amines) is 1. The SMILES string of the molecule is C=CCC(=O)N1CCC(O)C(C)C1. The number of hydrogen-bond donors (Lipinski definition) is 1. The topological polar surface area (TPSA) is 40.5 Å². The van der Waals surface area contributed by atoms with Crippen LogP contribution >= 0.6 is 0 Å². The molecule has 74 valence electrons. The minimum atomic E-state index is -0.243. The summed E-state index contributed by atoms with van der Waals surface area (Å²) in [5.74, 6) is 0.316. The minimum absolute atomic E-state index is 0.119. The van der Waals surface area contributed by atoms with Crippen molar-refractivity contribution in [1.82, 2.24) is 4.90 Å². The zero-order chi connectivity index (χ0) is 9.84. The van der Waals surface area contributed by atoms with Crippen LogP contribution in [0.15, 0.2) is 12.7 Å². The molecule has 0 saturated carbocycles. The minimum Gasteiger partial charge on any atom is -0.393 e. The molecule has 2 atom stereocenters. The van der Waals surface area contributed by atoms with Crippen molar-refractivity contribution in [2.24, 2.45) is 5.92 Å². The maximum absolute atomic E-state index is 11.4. The van der Waals surface area contributed by atoms with E-state index in [1.54, 1.807) is 11.0 Å². The maximum atomic E-state index is 11.4. The molecule has 0 aromatic rings. The number of amides is 1. The van der Waals surface area contributed by atoms with Gasteiger partial charge in [0.15, 0.2) is 0 Å². The van der Waals surface area contributed by atoms with Gasteiger partial charge in [-0.2, -0.15) is 0 Å². The summed E-state index contributed by atoms with van der Waals surface area (Å²) in [6, 6.07) is 0. The molecule has 1 aliphatic heterocycles. The number of carbonyl (C=O) groups is 1. The molecule has 13 heavy (non-hydrogen) atoms. The summed E-state index contributed by atoms with van der Waals surface area (Å²) in [7, 11) is 0. The maximum Gasteiger partial charge on any atom is 0.226 e. The molecule has 1 rings (SSSR count). The number of piperidine rings is 1. The van der Waals surface area contributed by atoms with Gasteiger partial charge in [0.2, 0.25) is 5.91 Å². The number of carbonyl (C=O) groups excluding carboxylic acids is 1. The Morgan fingerprint density at radius 1 is 1.77 bits per heavy atom. The van der Waals surface area contributed by atoms with Crippen molar-refractivity contribution in [1.29, 1.82) is 0 Å². The third-order valence-corrected chi connectivity index (χ3v) is 2.53. The largest absolute Gasteiger partial charge is 0.393 e. The van der Waals surface area contributed by atoms with Crippen LogP contribution in [0.4, 0.5) is 0 Å². The van der Waals surface area contributed by atoms with E-state index < -0.39 is 0 Å². The van der Waals surface area contributed by atoms with Crippen LogP contribution in [0.25, 0.3) is 0 Å². The van der Waals surface area contributed by atoms with Crippen LogP contribution in [0.2, 0.25) is 0 Å². The lowest BCUT2D eigenvalue weighted by molar-refractivity contribution is -0.133. The Balaban J connectivity index is 2.45. The smallest absolute Gasteiger partial charge is 0.226 e. The molecule has 0 spiro atoms. The second kappa shape index (κ2) is 4.42. The Morgan fingerprint density at radius 2 is 2.46 bits per heavy atom. The van der Waals surface area contributed by atoms with Gasteiger partial charge >= 0.3 is 0 Å². The van der Waals surface area contributed by atoms with E-state index in [0.29, 0.717) is 25.9 Å². The molecule has 2 unspecified atom stereocenters. The summed E-state index contributed by atoms with van der Waals surface area (Å²) < 4.78 is 0. The predicted molar refractivity (Wildman–Crippen MR) is 51.2 cm³/mol. The van der Waals surface area contributed by atoms with E-state index in [0.717, 1.165) is 0 Å². The summed E-state index contributed by atoms with van der Waals surface area (Å²) >= 11 is 0. The van der Waals surface area contributed by atoms with Crippen LogP contribution < -0.4 is 0 Å². The molecular weight excluding hydrogens is 166 g/mol. The lowest BCUT2D eigenvalue weighted by Crippen LogP contribution is -2.44. The highest BCUT2D eigenvalue weighted by Gasteiger charge is 2.26. The van der Waals surface area contributed by atoms with Crippen molar-refractivity contribution >= 4 is 5.91 Å². The highest BCUT2D eigenvalue weighted by Crippen LogP contribution is 2.16. The van der Waals surface area contributed by atoms with E-state index in [2.05, 4.69) is 6.58 Å². The standard InChI is InChI=1S/C10H17NO2/c1-3-4-10(13)11-6-5-9(12)8(2)7-11/h3,8-9,12H,1,4-7H2,2H3. The van der Waals surface area contributed by atoms with Crippen molar-refractivity contribution in [3.8, 4) is 0 Å². The van der Waals surface area contributed by atoms with Gasteiger partial charge in [0.1, 0.15) is 0 Å². The Kier molecular flexibility index (Phi) is 3.48. The van der Waals surface area contributed by atoms with Gasteiger partial charge in [0.05, 0.1) is 6.10 Å². The van der Waals surface area contributed by atoms with Crippen LogP contribution in [-0.4, -0.2) is 35.1 Å². The zero-order valence-electron chi connectivity index (χ0n) is 8.07. The number of hydrogen-bond acceptors (Lipinski definition) is 2. The van der Waals surface area contributed by atoms with Gasteiger partial charge in [-0.15, -0.1) is 6.58 Å². The summed E-state index contributed by atoms with van der Waals surface area (Å²) in [4.78, 5) is 13.2. The zero-order valence-corrected chi connectivity index (χ0v) is 8.07. The third kappa shape index (κ3) is 2.56. The molecule has 0 radical (unpaired) electrons. The summed E-state index contributed by atoms with van der Waals surface area (Å²) in [5, 5.41) is 9.45. The molecule has 0 aliphatic carbocycles. The van der Waals surface area contributed by atoms with Crippen molar-refractivity contribution < 1.29 is 9.90 Å². The second-order valence-corrected chi connectivity index (χ2v) is 3.67. The van der Waals surface area contributed by atoms with E-state index in [9.17, 15) is 9.90 Å². The first-order valence-corrected chi connectivity index (χ1v) is 4.72. The Hall–Kier alpha value is -0.830. The quantitative estimate of drug-likeness (QED) is 0.643. The van der Waals surface area contributed by atoms with Crippen LogP contribution in [0, 0.1) is 5.92 Å². The first-order chi connectivity index (χ1) is 6.15. The van der Waals surface area contributed by atoms with E-state index >= 15 is 0 Å². The van der Waals surface area contributed by atoms with E-state index in [1.165, 1.54) is 0 Å². The van der Waals surface area contributed by atoms with Gasteiger partial charge in [0, 0.05) is 19.5 Å². The molecule has 3 heteroatoms.